The Hall–Kier alpha value is -2.98. The Morgan fingerprint density at radius 2 is 2.04 bits per heavy atom. The molecule has 1 saturated heterocycles. The number of aliphatic carboxylic acids is 1. The summed E-state index contributed by atoms with van der Waals surface area (Å²) in [6.45, 7) is -0.0655. The van der Waals surface area contributed by atoms with Crippen molar-refractivity contribution in [2.24, 2.45) is 0 Å². The lowest BCUT2D eigenvalue weighted by atomic mass is 10.1. The summed E-state index contributed by atoms with van der Waals surface area (Å²) in [7, 11) is 0. The van der Waals surface area contributed by atoms with Gasteiger partial charge in [-0.25, -0.2) is 0 Å². The fraction of sp³-hybridized carbons (Fsp3) is 0.118. The second-order valence-corrected chi connectivity index (χ2v) is 7.11. The molecule has 0 saturated carbocycles. The first kappa shape index (κ1) is 18.8. The van der Waals surface area contributed by atoms with E-state index in [-0.39, 0.29) is 27.9 Å². The Kier molecular flexibility index (Phi) is 5.38. The van der Waals surface area contributed by atoms with Crippen LogP contribution in [-0.4, -0.2) is 32.6 Å². The monoisotopic (exact) mass is 403 g/mol. The molecule has 0 bridgehead atoms. The van der Waals surface area contributed by atoms with Gasteiger partial charge in [0.2, 0.25) is 0 Å². The Labute approximate surface area is 162 Å². The van der Waals surface area contributed by atoms with Gasteiger partial charge in [0.25, 0.3) is 11.6 Å². The largest absolute Gasteiger partial charge is 0.550 e. The summed E-state index contributed by atoms with van der Waals surface area (Å²) < 4.78 is 5.88. The fourth-order valence-corrected chi connectivity index (χ4v) is 3.73. The van der Waals surface area contributed by atoms with Gasteiger partial charge >= 0.3 is 0 Å². The smallest absolute Gasteiger partial charge is 0.280 e. The number of para-hydroxylation sites is 1. The molecule has 1 aromatic heterocycles. The molecule has 1 aliphatic rings. The number of nitrogens with zero attached hydrogens (tertiary/aromatic N) is 2. The number of rotatable bonds is 6. The lowest BCUT2D eigenvalue weighted by Crippen LogP contribution is -2.33. The number of carboxylic acids is 1. The molecule has 0 unspecified atom stereocenters. The molecule has 10 heteroatoms. The molecule has 138 valence electrons. The van der Waals surface area contributed by atoms with Crippen LogP contribution in [0, 0.1) is 10.1 Å². The van der Waals surface area contributed by atoms with Crippen molar-refractivity contribution >= 4 is 51.9 Å². The third-order valence-corrected chi connectivity index (χ3v) is 5.06. The molecule has 0 N–H and O–H groups in total. The van der Waals surface area contributed by atoms with Gasteiger partial charge in [0.1, 0.15) is 15.8 Å². The summed E-state index contributed by atoms with van der Waals surface area (Å²) in [5.41, 5.74) is 0.232. The number of amides is 1. The molecule has 0 aliphatic carbocycles. The van der Waals surface area contributed by atoms with Crippen molar-refractivity contribution in [2.45, 2.75) is 6.42 Å². The third-order valence-electron chi connectivity index (χ3n) is 3.68. The average Bonchev–Trinajstić information content (AvgIpc) is 3.18. The summed E-state index contributed by atoms with van der Waals surface area (Å²) in [5, 5.41) is 21.7. The number of carboxylic acid groups (broad SMARTS) is 1. The van der Waals surface area contributed by atoms with Crippen molar-refractivity contribution in [1.82, 2.24) is 4.90 Å². The van der Waals surface area contributed by atoms with Crippen LogP contribution in [0.5, 0.6) is 0 Å². The molecular formula is C17H11N2O6S2-. The van der Waals surface area contributed by atoms with E-state index in [4.69, 9.17) is 16.6 Å². The molecule has 1 aromatic carbocycles. The summed E-state index contributed by atoms with van der Waals surface area (Å²) in [6, 6.07) is 9.32. The summed E-state index contributed by atoms with van der Waals surface area (Å²) in [4.78, 5) is 35.0. The van der Waals surface area contributed by atoms with Crippen LogP contribution in [0.1, 0.15) is 12.2 Å². The van der Waals surface area contributed by atoms with Crippen LogP contribution in [0.4, 0.5) is 5.69 Å². The summed E-state index contributed by atoms with van der Waals surface area (Å²) in [6.07, 6.45) is 1.15. The van der Waals surface area contributed by atoms with Crippen LogP contribution in [-0.2, 0) is 9.59 Å². The van der Waals surface area contributed by atoms with E-state index in [1.165, 1.54) is 17.0 Å². The number of hydrogen-bond acceptors (Lipinski definition) is 8. The zero-order valence-corrected chi connectivity index (χ0v) is 15.2. The maximum absolute atomic E-state index is 12.4. The summed E-state index contributed by atoms with van der Waals surface area (Å²) in [5.74, 6) is -1.08. The van der Waals surface area contributed by atoms with Crippen LogP contribution >= 0.6 is 24.0 Å². The number of nitro groups is 1. The zero-order valence-electron chi connectivity index (χ0n) is 13.6. The number of hydrogen-bond donors (Lipinski definition) is 0. The van der Waals surface area contributed by atoms with Gasteiger partial charge in [0, 0.05) is 31.1 Å². The fourth-order valence-electron chi connectivity index (χ4n) is 2.44. The van der Waals surface area contributed by atoms with Gasteiger partial charge in [-0.1, -0.05) is 36.1 Å². The van der Waals surface area contributed by atoms with E-state index < -0.39 is 16.8 Å². The number of benzene rings is 1. The van der Waals surface area contributed by atoms with Gasteiger partial charge in [-0.15, -0.1) is 0 Å². The second kappa shape index (κ2) is 7.72. The first-order valence-electron chi connectivity index (χ1n) is 7.65. The predicted octanol–water partition coefficient (Wildman–Crippen LogP) is 2.20. The highest BCUT2D eigenvalue weighted by molar-refractivity contribution is 8.26. The molecule has 0 spiro atoms. The molecule has 0 radical (unpaired) electrons. The molecule has 8 nitrogen and oxygen atoms in total. The standard InChI is InChI=1S/C17H12N2O6S2/c20-15(21)7-8-18-16(22)14(27-17(18)26)9-10-5-6-13(25-10)11-3-1-2-4-12(11)19(23)24/h1-6,9H,7-8H2,(H,20,21)/p-1/b14-9+. The number of thiocarbonyl (C=S) groups is 1. The van der Waals surface area contributed by atoms with Crippen molar-refractivity contribution in [1.29, 1.82) is 0 Å². The zero-order chi connectivity index (χ0) is 19.6. The van der Waals surface area contributed by atoms with E-state index in [9.17, 15) is 24.8 Å². The molecule has 1 aliphatic heterocycles. The first-order valence-corrected chi connectivity index (χ1v) is 8.88. The van der Waals surface area contributed by atoms with Crippen molar-refractivity contribution in [2.75, 3.05) is 6.54 Å². The van der Waals surface area contributed by atoms with Crippen LogP contribution in [0.15, 0.2) is 45.7 Å². The van der Waals surface area contributed by atoms with Crippen LogP contribution in [0.3, 0.4) is 0 Å². The number of thioether (sulfide) groups is 1. The molecule has 1 amide bonds. The predicted molar refractivity (Wildman–Crippen MR) is 100 cm³/mol. The molecule has 2 aromatic rings. The molecular weight excluding hydrogens is 392 g/mol. The van der Waals surface area contributed by atoms with Crippen molar-refractivity contribution in [3.63, 3.8) is 0 Å². The lowest BCUT2D eigenvalue weighted by molar-refractivity contribution is -0.384. The quantitative estimate of drug-likeness (QED) is 0.312. The normalized spacial score (nSPS) is 15.6. The van der Waals surface area contributed by atoms with E-state index in [0.29, 0.717) is 17.1 Å². The van der Waals surface area contributed by atoms with Crippen LogP contribution in [0.2, 0.25) is 0 Å². The third kappa shape index (κ3) is 4.07. The van der Waals surface area contributed by atoms with Gasteiger partial charge in [0.05, 0.1) is 15.4 Å². The minimum atomic E-state index is -1.27. The molecule has 1 fully saturated rings. The number of carbonyl (C=O) groups is 2. The maximum Gasteiger partial charge on any atom is 0.280 e. The number of carbonyl (C=O) groups excluding carboxylic acids is 2. The van der Waals surface area contributed by atoms with Gasteiger partial charge in [0.15, 0.2) is 0 Å². The van der Waals surface area contributed by atoms with E-state index in [1.807, 2.05) is 0 Å². The Morgan fingerprint density at radius 3 is 2.74 bits per heavy atom. The molecule has 2 heterocycles. The van der Waals surface area contributed by atoms with Crippen molar-refractivity contribution in [3.8, 4) is 11.3 Å². The van der Waals surface area contributed by atoms with Gasteiger partial charge in [-0.3, -0.25) is 19.8 Å². The summed E-state index contributed by atoms with van der Waals surface area (Å²) >= 11 is 6.13. The molecule has 0 atom stereocenters. The van der Waals surface area contributed by atoms with E-state index in [1.54, 1.807) is 30.3 Å². The Morgan fingerprint density at radius 1 is 1.30 bits per heavy atom. The Balaban J connectivity index is 1.84. The first-order chi connectivity index (χ1) is 12.9. The van der Waals surface area contributed by atoms with Crippen LogP contribution < -0.4 is 5.11 Å². The van der Waals surface area contributed by atoms with Gasteiger partial charge < -0.3 is 14.3 Å². The Bertz CT molecular complexity index is 981. The highest BCUT2D eigenvalue weighted by atomic mass is 32.2. The van der Waals surface area contributed by atoms with Gasteiger partial charge in [-0.2, -0.15) is 0 Å². The van der Waals surface area contributed by atoms with E-state index in [0.717, 1.165) is 11.8 Å². The lowest BCUT2D eigenvalue weighted by Gasteiger charge is -2.14. The molecule has 3 rings (SSSR count). The van der Waals surface area contributed by atoms with Gasteiger partial charge in [-0.05, 0) is 18.2 Å². The minimum Gasteiger partial charge on any atom is -0.550 e. The second-order valence-electron chi connectivity index (χ2n) is 5.43. The van der Waals surface area contributed by atoms with Crippen molar-refractivity contribution < 1.29 is 24.0 Å². The van der Waals surface area contributed by atoms with E-state index >= 15 is 0 Å². The number of furan rings is 1. The highest BCUT2D eigenvalue weighted by Crippen LogP contribution is 2.35. The highest BCUT2D eigenvalue weighted by Gasteiger charge is 2.32. The van der Waals surface area contributed by atoms with Crippen LogP contribution in [0.25, 0.3) is 17.4 Å². The topological polar surface area (TPSA) is 117 Å². The minimum absolute atomic E-state index is 0.0655. The van der Waals surface area contributed by atoms with E-state index in [2.05, 4.69) is 0 Å². The maximum atomic E-state index is 12.4. The molecule has 27 heavy (non-hydrogen) atoms. The SMILES string of the molecule is O=C([O-])CCN1C(=O)/C(=C\c2ccc(-c3ccccc3[N+](=O)[O-])o2)SC1=S. The average molecular weight is 403 g/mol. The van der Waals surface area contributed by atoms with Crippen molar-refractivity contribution in [3.05, 3.63) is 57.2 Å². The number of nitro benzene ring substituents is 1.